The Labute approximate surface area is 111 Å². The van der Waals surface area contributed by atoms with E-state index in [0.717, 1.165) is 0 Å². The number of rotatable bonds is 5. The van der Waals surface area contributed by atoms with Gasteiger partial charge < -0.3 is 20.3 Å². The van der Waals surface area contributed by atoms with E-state index in [1.807, 2.05) is 6.07 Å². The van der Waals surface area contributed by atoms with Crippen LogP contribution in [0.3, 0.4) is 0 Å². The summed E-state index contributed by atoms with van der Waals surface area (Å²) in [4.78, 5) is 10.8. The number of hydrogen-bond acceptors (Lipinski definition) is 5. The van der Waals surface area contributed by atoms with Gasteiger partial charge in [-0.1, -0.05) is 12.1 Å². The molecule has 1 amide bonds. The maximum absolute atomic E-state index is 10.8. The Morgan fingerprint density at radius 1 is 1.53 bits per heavy atom. The van der Waals surface area contributed by atoms with Gasteiger partial charge in [0.05, 0.1) is 12.7 Å². The van der Waals surface area contributed by atoms with Gasteiger partial charge in [-0.2, -0.15) is 5.26 Å². The molecule has 1 aromatic rings. The largest absolute Gasteiger partial charge is 0.495 e. The molecule has 0 saturated carbocycles. The van der Waals surface area contributed by atoms with E-state index in [1.54, 1.807) is 12.1 Å². The number of aliphatic hydroxyl groups is 2. The Morgan fingerprint density at radius 3 is 2.74 bits per heavy atom. The molecule has 0 radical (unpaired) electrons. The lowest BCUT2D eigenvalue weighted by atomic mass is 9.98. The van der Waals surface area contributed by atoms with Crippen LogP contribution in [-0.2, 0) is 4.79 Å². The molecule has 3 N–H and O–H groups in total. The lowest BCUT2D eigenvalue weighted by Crippen LogP contribution is -2.34. The smallest absolute Gasteiger partial charge is 0.216 e. The van der Waals surface area contributed by atoms with Crippen molar-refractivity contribution >= 4 is 5.91 Å². The highest BCUT2D eigenvalue weighted by Crippen LogP contribution is 2.27. The number of nitriles is 1. The SMILES string of the molecule is COc1cccc(C(O)C(O)CNC(C)=O)c1C#N. The molecule has 19 heavy (non-hydrogen) atoms. The minimum Gasteiger partial charge on any atom is -0.495 e. The zero-order valence-electron chi connectivity index (χ0n) is 10.8. The molecule has 1 aromatic carbocycles. The number of ether oxygens (including phenoxy) is 1. The molecule has 1 rings (SSSR count). The van der Waals surface area contributed by atoms with Crippen LogP contribution in [0.5, 0.6) is 5.75 Å². The molecule has 0 aliphatic carbocycles. The van der Waals surface area contributed by atoms with Crippen LogP contribution in [0.25, 0.3) is 0 Å². The second-order valence-corrected chi connectivity index (χ2v) is 3.99. The second kappa shape index (κ2) is 6.73. The van der Waals surface area contributed by atoms with Crippen LogP contribution in [-0.4, -0.2) is 35.9 Å². The van der Waals surface area contributed by atoms with Gasteiger partial charge in [0.2, 0.25) is 5.91 Å². The number of aliphatic hydroxyl groups excluding tert-OH is 2. The standard InChI is InChI=1S/C13H16N2O4/c1-8(16)15-7-11(17)13(18)9-4-3-5-12(19-2)10(9)6-14/h3-5,11,13,17-18H,7H2,1-2H3,(H,15,16). The lowest BCUT2D eigenvalue weighted by Gasteiger charge is -2.20. The van der Waals surface area contributed by atoms with Gasteiger partial charge in [-0.3, -0.25) is 4.79 Å². The zero-order valence-corrected chi connectivity index (χ0v) is 10.8. The third-order valence-electron chi connectivity index (χ3n) is 2.63. The summed E-state index contributed by atoms with van der Waals surface area (Å²) < 4.78 is 5.02. The molecule has 0 saturated heterocycles. The first-order valence-corrected chi connectivity index (χ1v) is 5.68. The van der Waals surface area contributed by atoms with E-state index in [2.05, 4.69) is 5.32 Å². The summed E-state index contributed by atoms with van der Waals surface area (Å²) in [7, 11) is 1.42. The van der Waals surface area contributed by atoms with E-state index < -0.39 is 12.2 Å². The highest BCUT2D eigenvalue weighted by atomic mass is 16.5. The Bertz CT molecular complexity index is 496. The van der Waals surface area contributed by atoms with Gasteiger partial charge in [0.1, 0.15) is 24.0 Å². The molecule has 0 spiro atoms. The first kappa shape index (κ1) is 15.0. The number of methoxy groups -OCH3 is 1. The molecule has 102 valence electrons. The predicted octanol–water partition coefficient (Wildman–Crippen LogP) is 0.0973. The predicted molar refractivity (Wildman–Crippen MR) is 67.4 cm³/mol. The fourth-order valence-corrected chi connectivity index (χ4v) is 1.65. The molecule has 0 aliphatic rings. The minimum atomic E-state index is -1.28. The Balaban J connectivity index is 2.96. The normalized spacial score (nSPS) is 13.2. The number of amides is 1. The quantitative estimate of drug-likeness (QED) is 0.699. The monoisotopic (exact) mass is 264 g/mol. The van der Waals surface area contributed by atoms with E-state index >= 15 is 0 Å². The number of hydrogen-bond donors (Lipinski definition) is 3. The fourth-order valence-electron chi connectivity index (χ4n) is 1.65. The molecular weight excluding hydrogens is 248 g/mol. The molecule has 0 heterocycles. The van der Waals surface area contributed by atoms with Crippen LogP contribution in [0.4, 0.5) is 0 Å². The Kier molecular flexibility index (Phi) is 5.30. The molecule has 2 atom stereocenters. The fraction of sp³-hybridized carbons (Fsp3) is 0.385. The van der Waals surface area contributed by atoms with Crippen LogP contribution < -0.4 is 10.1 Å². The maximum atomic E-state index is 10.8. The number of carbonyl (C=O) groups excluding carboxylic acids is 1. The van der Waals surface area contributed by atoms with Crippen molar-refractivity contribution < 1.29 is 19.7 Å². The molecule has 6 heteroatoms. The molecule has 6 nitrogen and oxygen atoms in total. The number of nitrogens with one attached hydrogen (secondary N) is 1. The molecule has 0 aliphatic heterocycles. The molecule has 0 bridgehead atoms. The van der Waals surface area contributed by atoms with E-state index in [4.69, 9.17) is 10.00 Å². The van der Waals surface area contributed by atoms with Gasteiger partial charge in [0.15, 0.2) is 0 Å². The van der Waals surface area contributed by atoms with E-state index in [1.165, 1.54) is 20.1 Å². The first-order chi connectivity index (χ1) is 9.01. The van der Waals surface area contributed by atoms with Crippen LogP contribution in [0, 0.1) is 11.3 Å². The number of nitrogens with zero attached hydrogens (tertiary/aromatic N) is 1. The molecule has 0 fully saturated rings. The van der Waals surface area contributed by atoms with E-state index in [-0.39, 0.29) is 23.6 Å². The number of carbonyl (C=O) groups is 1. The van der Waals surface area contributed by atoms with Crippen molar-refractivity contribution in [1.82, 2.24) is 5.32 Å². The Hall–Kier alpha value is -2.10. The highest BCUT2D eigenvalue weighted by Gasteiger charge is 2.23. The summed E-state index contributed by atoms with van der Waals surface area (Å²) in [6.45, 7) is 1.21. The van der Waals surface area contributed by atoms with Crippen molar-refractivity contribution in [2.24, 2.45) is 0 Å². The van der Waals surface area contributed by atoms with Crippen molar-refractivity contribution in [1.29, 1.82) is 5.26 Å². The summed E-state index contributed by atoms with van der Waals surface area (Å²) in [5.41, 5.74) is 0.430. The highest BCUT2D eigenvalue weighted by molar-refractivity contribution is 5.72. The van der Waals surface area contributed by atoms with Crippen molar-refractivity contribution in [3.63, 3.8) is 0 Å². The first-order valence-electron chi connectivity index (χ1n) is 5.68. The van der Waals surface area contributed by atoms with Gasteiger partial charge >= 0.3 is 0 Å². The van der Waals surface area contributed by atoms with Gasteiger partial charge in [-0.25, -0.2) is 0 Å². The van der Waals surface area contributed by atoms with Crippen LogP contribution in [0.2, 0.25) is 0 Å². The van der Waals surface area contributed by atoms with Crippen LogP contribution in [0.15, 0.2) is 18.2 Å². The summed E-state index contributed by atoms with van der Waals surface area (Å²) in [5, 5.41) is 31.3. The zero-order chi connectivity index (χ0) is 14.4. The van der Waals surface area contributed by atoms with Gasteiger partial charge in [-0.15, -0.1) is 0 Å². The summed E-state index contributed by atoms with van der Waals surface area (Å²) in [6, 6.07) is 6.67. The number of benzene rings is 1. The second-order valence-electron chi connectivity index (χ2n) is 3.99. The molecular formula is C13H16N2O4. The third kappa shape index (κ3) is 3.68. The minimum absolute atomic E-state index is 0.0986. The summed E-state index contributed by atoms with van der Waals surface area (Å²) in [6.07, 6.45) is -2.49. The van der Waals surface area contributed by atoms with E-state index in [0.29, 0.717) is 5.75 Å². The van der Waals surface area contributed by atoms with Crippen molar-refractivity contribution in [3.8, 4) is 11.8 Å². The Morgan fingerprint density at radius 2 is 2.21 bits per heavy atom. The van der Waals surface area contributed by atoms with E-state index in [9.17, 15) is 15.0 Å². The lowest BCUT2D eigenvalue weighted by molar-refractivity contribution is -0.119. The van der Waals surface area contributed by atoms with Crippen LogP contribution >= 0.6 is 0 Å². The topological polar surface area (TPSA) is 103 Å². The molecule has 2 unspecified atom stereocenters. The summed E-state index contributed by atoms with van der Waals surface area (Å²) >= 11 is 0. The average Bonchev–Trinajstić information content (AvgIpc) is 2.42. The van der Waals surface area contributed by atoms with Crippen molar-refractivity contribution in [2.75, 3.05) is 13.7 Å². The van der Waals surface area contributed by atoms with Gasteiger partial charge in [0, 0.05) is 19.0 Å². The van der Waals surface area contributed by atoms with Crippen LogP contribution in [0.1, 0.15) is 24.2 Å². The molecule has 0 aromatic heterocycles. The summed E-state index contributed by atoms with van der Waals surface area (Å²) in [5.74, 6) is 0.0168. The van der Waals surface area contributed by atoms with Crippen molar-refractivity contribution in [3.05, 3.63) is 29.3 Å². The van der Waals surface area contributed by atoms with Gasteiger partial charge in [-0.05, 0) is 6.07 Å². The van der Waals surface area contributed by atoms with Crippen molar-refractivity contribution in [2.45, 2.75) is 19.1 Å². The maximum Gasteiger partial charge on any atom is 0.216 e. The van der Waals surface area contributed by atoms with Gasteiger partial charge in [0.25, 0.3) is 0 Å². The third-order valence-corrected chi connectivity index (χ3v) is 2.63. The average molecular weight is 264 g/mol.